The summed E-state index contributed by atoms with van der Waals surface area (Å²) in [5.74, 6) is 1.71. The maximum atomic E-state index is 11.5. The van der Waals surface area contributed by atoms with Gasteiger partial charge in [-0.15, -0.1) is 0 Å². The van der Waals surface area contributed by atoms with E-state index in [-0.39, 0.29) is 5.78 Å². The van der Waals surface area contributed by atoms with Crippen molar-refractivity contribution in [3.8, 4) is 11.5 Å². The summed E-state index contributed by atoms with van der Waals surface area (Å²) in [6.07, 6.45) is 1.04. The van der Waals surface area contributed by atoms with Gasteiger partial charge < -0.3 is 14.2 Å². The molecule has 0 N–H and O–H groups in total. The first-order valence-corrected chi connectivity index (χ1v) is 6.10. The molecular formula is C14H18O4. The van der Waals surface area contributed by atoms with E-state index in [9.17, 15) is 4.79 Å². The number of carbonyl (C=O) groups excluding carboxylic acids is 1. The average molecular weight is 250 g/mol. The van der Waals surface area contributed by atoms with E-state index in [0.717, 1.165) is 19.6 Å². The highest BCUT2D eigenvalue weighted by Crippen LogP contribution is 2.25. The van der Waals surface area contributed by atoms with Gasteiger partial charge in [-0.3, -0.25) is 4.79 Å². The number of hydrogen-bond acceptors (Lipinski definition) is 4. The molecule has 0 spiro atoms. The number of carbonyl (C=O) groups is 1. The first-order chi connectivity index (χ1) is 8.70. The van der Waals surface area contributed by atoms with Crippen molar-refractivity contribution in [2.75, 3.05) is 26.9 Å². The van der Waals surface area contributed by atoms with Crippen LogP contribution in [0, 0.1) is 5.92 Å². The summed E-state index contributed by atoms with van der Waals surface area (Å²) < 4.78 is 16.1. The molecule has 18 heavy (non-hydrogen) atoms. The molecule has 1 fully saturated rings. The van der Waals surface area contributed by atoms with Crippen LogP contribution in [0.2, 0.25) is 0 Å². The molecule has 1 aliphatic rings. The Hall–Kier alpha value is -1.55. The van der Waals surface area contributed by atoms with Gasteiger partial charge in [0, 0.05) is 12.5 Å². The first-order valence-electron chi connectivity index (χ1n) is 6.10. The Labute approximate surface area is 107 Å². The Morgan fingerprint density at radius 3 is 2.94 bits per heavy atom. The first kappa shape index (κ1) is 12.9. The molecule has 0 aromatic heterocycles. The minimum Gasteiger partial charge on any atom is -0.496 e. The second-order valence-corrected chi connectivity index (χ2v) is 4.46. The Balaban J connectivity index is 2.04. The van der Waals surface area contributed by atoms with Crippen LogP contribution >= 0.6 is 0 Å². The van der Waals surface area contributed by atoms with E-state index >= 15 is 0 Å². The molecule has 1 aromatic rings. The van der Waals surface area contributed by atoms with Gasteiger partial charge in [-0.25, -0.2) is 0 Å². The maximum absolute atomic E-state index is 11.5. The Morgan fingerprint density at radius 2 is 2.33 bits per heavy atom. The normalized spacial score (nSPS) is 18.7. The zero-order valence-electron chi connectivity index (χ0n) is 10.8. The molecule has 2 rings (SSSR count). The van der Waals surface area contributed by atoms with E-state index < -0.39 is 0 Å². The monoisotopic (exact) mass is 250 g/mol. The number of ketones is 1. The molecule has 1 heterocycles. The van der Waals surface area contributed by atoms with Crippen LogP contribution in [-0.4, -0.2) is 32.7 Å². The fourth-order valence-corrected chi connectivity index (χ4v) is 1.98. The van der Waals surface area contributed by atoms with E-state index in [0.29, 0.717) is 29.6 Å². The summed E-state index contributed by atoms with van der Waals surface area (Å²) in [5.41, 5.74) is 0.553. The van der Waals surface area contributed by atoms with Gasteiger partial charge in [0.1, 0.15) is 11.5 Å². The van der Waals surface area contributed by atoms with Crippen LogP contribution in [0.4, 0.5) is 0 Å². The zero-order valence-corrected chi connectivity index (χ0v) is 10.8. The standard InChI is InChI=1S/C14H18O4/c1-10(15)13-7-12(3-4-14(13)16-2)18-9-11-5-6-17-8-11/h3-4,7,11H,5-6,8-9H2,1-2H3. The molecule has 0 saturated carbocycles. The van der Waals surface area contributed by atoms with Crippen LogP contribution in [0.1, 0.15) is 23.7 Å². The smallest absolute Gasteiger partial charge is 0.163 e. The van der Waals surface area contributed by atoms with Crippen molar-refractivity contribution in [3.63, 3.8) is 0 Å². The lowest BCUT2D eigenvalue weighted by atomic mass is 10.1. The van der Waals surface area contributed by atoms with Crippen LogP contribution in [0.3, 0.4) is 0 Å². The van der Waals surface area contributed by atoms with Crippen molar-refractivity contribution in [1.82, 2.24) is 0 Å². The summed E-state index contributed by atoms with van der Waals surface area (Å²) in [4.78, 5) is 11.5. The van der Waals surface area contributed by atoms with Crippen molar-refractivity contribution in [3.05, 3.63) is 23.8 Å². The number of hydrogen-bond donors (Lipinski definition) is 0. The molecule has 1 atom stereocenters. The van der Waals surface area contributed by atoms with Crippen LogP contribution in [0.25, 0.3) is 0 Å². The van der Waals surface area contributed by atoms with Crippen molar-refractivity contribution >= 4 is 5.78 Å². The van der Waals surface area contributed by atoms with Gasteiger partial charge in [-0.1, -0.05) is 0 Å². The zero-order chi connectivity index (χ0) is 13.0. The summed E-state index contributed by atoms with van der Waals surface area (Å²) in [5, 5.41) is 0. The van der Waals surface area contributed by atoms with Gasteiger partial charge in [0.25, 0.3) is 0 Å². The third-order valence-electron chi connectivity index (χ3n) is 3.06. The number of ether oxygens (including phenoxy) is 3. The fraction of sp³-hybridized carbons (Fsp3) is 0.500. The van der Waals surface area contributed by atoms with Crippen molar-refractivity contribution in [2.45, 2.75) is 13.3 Å². The molecule has 4 heteroatoms. The number of benzene rings is 1. The molecule has 0 amide bonds. The molecule has 0 aliphatic carbocycles. The fourth-order valence-electron chi connectivity index (χ4n) is 1.98. The molecule has 1 aromatic carbocycles. The summed E-state index contributed by atoms with van der Waals surface area (Å²) in [6, 6.07) is 5.31. The molecule has 1 aliphatic heterocycles. The summed E-state index contributed by atoms with van der Waals surface area (Å²) in [7, 11) is 1.55. The number of rotatable bonds is 5. The van der Waals surface area contributed by atoms with Gasteiger partial charge in [-0.05, 0) is 31.5 Å². The molecular weight excluding hydrogens is 232 g/mol. The quantitative estimate of drug-likeness (QED) is 0.752. The topological polar surface area (TPSA) is 44.8 Å². The van der Waals surface area contributed by atoms with Gasteiger partial charge in [0.2, 0.25) is 0 Å². The van der Waals surface area contributed by atoms with Crippen LogP contribution < -0.4 is 9.47 Å². The number of Topliss-reactive ketones (excluding diaryl/α,β-unsaturated/α-hetero) is 1. The summed E-state index contributed by atoms with van der Waals surface area (Å²) in [6.45, 7) is 3.72. The van der Waals surface area contributed by atoms with Gasteiger partial charge in [-0.2, -0.15) is 0 Å². The Morgan fingerprint density at radius 1 is 1.50 bits per heavy atom. The predicted octanol–water partition coefficient (Wildman–Crippen LogP) is 2.31. The number of methoxy groups -OCH3 is 1. The van der Waals surface area contributed by atoms with Crippen LogP contribution in [0.15, 0.2) is 18.2 Å². The molecule has 0 radical (unpaired) electrons. The Bertz CT molecular complexity index is 422. The van der Waals surface area contributed by atoms with Gasteiger partial charge in [0.15, 0.2) is 5.78 Å². The van der Waals surface area contributed by atoms with Crippen molar-refractivity contribution in [1.29, 1.82) is 0 Å². The molecule has 0 bridgehead atoms. The minimum absolute atomic E-state index is 0.0264. The molecule has 98 valence electrons. The van der Waals surface area contributed by atoms with E-state index in [2.05, 4.69) is 0 Å². The third kappa shape index (κ3) is 3.01. The van der Waals surface area contributed by atoms with Crippen molar-refractivity contribution < 1.29 is 19.0 Å². The SMILES string of the molecule is COc1ccc(OCC2CCOC2)cc1C(C)=O. The average Bonchev–Trinajstić information content (AvgIpc) is 2.89. The van der Waals surface area contributed by atoms with E-state index in [1.165, 1.54) is 6.92 Å². The lowest BCUT2D eigenvalue weighted by Gasteiger charge is -2.12. The van der Waals surface area contributed by atoms with E-state index in [1.54, 1.807) is 19.2 Å². The predicted molar refractivity (Wildman–Crippen MR) is 67.4 cm³/mol. The highest BCUT2D eigenvalue weighted by molar-refractivity contribution is 5.97. The molecule has 1 unspecified atom stereocenters. The summed E-state index contributed by atoms with van der Waals surface area (Å²) >= 11 is 0. The second kappa shape index (κ2) is 5.87. The lowest BCUT2D eigenvalue weighted by molar-refractivity contribution is 0.101. The Kier molecular flexibility index (Phi) is 4.20. The maximum Gasteiger partial charge on any atom is 0.163 e. The van der Waals surface area contributed by atoms with Crippen molar-refractivity contribution in [2.24, 2.45) is 5.92 Å². The minimum atomic E-state index is -0.0264. The molecule has 1 saturated heterocycles. The lowest BCUT2D eigenvalue weighted by Crippen LogP contribution is -2.12. The second-order valence-electron chi connectivity index (χ2n) is 4.46. The highest BCUT2D eigenvalue weighted by Gasteiger charge is 2.17. The van der Waals surface area contributed by atoms with Gasteiger partial charge >= 0.3 is 0 Å². The highest BCUT2D eigenvalue weighted by atomic mass is 16.5. The van der Waals surface area contributed by atoms with Gasteiger partial charge in [0.05, 0.1) is 25.9 Å². The van der Waals surface area contributed by atoms with E-state index in [4.69, 9.17) is 14.2 Å². The van der Waals surface area contributed by atoms with Crippen LogP contribution in [0.5, 0.6) is 11.5 Å². The third-order valence-corrected chi connectivity index (χ3v) is 3.06. The van der Waals surface area contributed by atoms with E-state index in [1.807, 2.05) is 6.07 Å². The molecule has 4 nitrogen and oxygen atoms in total. The largest absolute Gasteiger partial charge is 0.496 e. The van der Waals surface area contributed by atoms with Crippen LogP contribution in [-0.2, 0) is 4.74 Å².